The van der Waals surface area contributed by atoms with E-state index < -0.39 is 0 Å². The normalized spacial score (nSPS) is 15.4. The largest absolute Gasteiger partial charge is 0.350 e. The highest BCUT2D eigenvalue weighted by Gasteiger charge is 2.18. The van der Waals surface area contributed by atoms with Crippen LogP contribution in [0.3, 0.4) is 0 Å². The number of hydrogen-bond donors (Lipinski definition) is 2. The molecule has 2 N–H and O–H groups in total. The van der Waals surface area contributed by atoms with Crippen LogP contribution in [0.25, 0.3) is 0 Å². The average molecular weight is 368 g/mol. The van der Waals surface area contributed by atoms with E-state index in [2.05, 4.69) is 20.9 Å². The van der Waals surface area contributed by atoms with E-state index in [0.29, 0.717) is 34.7 Å². The lowest BCUT2D eigenvalue weighted by molar-refractivity contribution is 0.0949. The van der Waals surface area contributed by atoms with Gasteiger partial charge >= 0.3 is 0 Å². The van der Waals surface area contributed by atoms with E-state index in [9.17, 15) is 4.79 Å². The average Bonchev–Trinajstić information content (AvgIpc) is 3.05. The molecule has 0 bridgehead atoms. The predicted molar refractivity (Wildman–Crippen MR) is 93.7 cm³/mol. The van der Waals surface area contributed by atoms with Crippen molar-refractivity contribution in [2.24, 2.45) is 0 Å². The van der Waals surface area contributed by atoms with E-state index >= 15 is 0 Å². The summed E-state index contributed by atoms with van der Waals surface area (Å²) in [4.78, 5) is 12.2. The van der Waals surface area contributed by atoms with E-state index in [4.69, 9.17) is 23.2 Å². The van der Waals surface area contributed by atoms with E-state index in [1.165, 1.54) is 0 Å². The van der Waals surface area contributed by atoms with Gasteiger partial charge in [0.15, 0.2) is 5.69 Å². The molecule has 6 nitrogen and oxygen atoms in total. The van der Waals surface area contributed by atoms with Crippen LogP contribution in [0.2, 0.25) is 10.0 Å². The van der Waals surface area contributed by atoms with Gasteiger partial charge < -0.3 is 10.6 Å². The molecule has 0 aliphatic carbocycles. The molecule has 1 aliphatic heterocycles. The quantitative estimate of drug-likeness (QED) is 0.851. The number of carbonyl (C=O) groups is 1. The van der Waals surface area contributed by atoms with Crippen LogP contribution in [-0.4, -0.2) is 40.5 Å². The number of carbonyl (C=O) groups excluding carboxylic acids is 1. The number of rotatable bonds is 5. The first kappa shape index (κ1) is 17.2. The molecule has 128 valence electrons. The lowest BCUT2D eigenvalue weighted by Crippen LogP contribution is -2.29. The smallest absolute Gasteiger partial charge is 0.273 e. The van der Waals surface area contributed by atoms with Gasteiger partial charge in [-0.1, -0.05) is 28.4 Å². The van der Waals surface area contributed by atoms with Crippen LogP contribution < -0.4 is 10.6 Å². The van der Waals surface area contributed by atoms with Gasteiger partial charge in [-0.3, -0.25) is 4.79 Å². The molecule has 0 radical (unpaired) electrons. The van der Waals surface area contributed by atoms with Crippen LogP contribution in [0.1, 0.15) is 34.9 Å². The third kappa shape index (κ3) is 4.47. The highest BCUT2D eigenvalue weighted by atomic mass is 35.5. The third-order valence-corrected chi connectivity index (χ3v) is 4.48. The Morgan fingerprint density at radius 1 is 1.25 bits per heavy atom. The lowest BCUT2D eigenvalue weighted by atomic mass is 10.1. The number of aromatic nitrogens is 3. The van der Waals surface area contributed by atoms with Crippen molar-refractivity contribution in [3.05, 3.63) is 45.7 Å². The van der Waals surface area contributed by atoms with E-state index in [0.717, 1.165) is 31.5 Å². The Morgan fingerprint density at radius 3 is 2.67 bits per heavy atom. The second-order valence-corrected chi connectivity index (χ2v) is 6.72. The first-order valence-electron chi connectivity index (χ1n) is 7.97. The monoisotopic (exact) mass is 367 g/mol. The maximum Gasteiger partial charge on any atom is 0.273 e. The number of piperidine rings is 1. The zero-order chi connectivity index (χ0) is 16.9. The van der Waals surface area contributed by atoms with Crippen molar-refractivity contribution in [2.75, 3.05) is 19.6 Å². The van der Waals surface area contributed by atoms with Crippen molar-refractivity contribution in [2.45, 2.75) is 25.3 Å². The molecule has 1 fully saturated rings. The Hall–Kier alpha value is -1.63. The summed E-state index contributed by atoms with van der Waals surface area (Å²) in [6.45, 7) is 2.41. The van der Waals surface area contributed by atoms with Gasteiger partial charge in [0.05, 0.1) is 12.2 Å². The number of halogens is 2. The molecular formula is C16H19Cl2N5O. The second kappa shape index (κ2) is 7.96. The van der Waals surface area contributed by atoms with Crippen molar-refractivity contribution in [1.29, 1.82) is 0 Å². The predicted octanol–water partition coefficient (Wildman–Crippen LogP) is 2.48. The molecule has 0 spiro atoms. The van der Waals surface area contributed by atoms with E-state index in [1.807, 2.05) is 12.1 Å². The zero-order valence-corrected chi connectivity index (χ0v) is 14.6. The van der Waals surface area contributed by atoms with Crippen LogP contribution >= 0.6 is 23.2 Å². The Morgan fingerprint density at radius 2 is 1.96 bits per heavy atom. The minimum absolute atomic E-state index is 0.219. The van der Waals surface area contributed by atoms with Gasteiger partial charge in [0.2, 0.25) is 0 Å². The maximum absolute atomic E-state index is 12.2. The van der Waals surface area contributed by atoms with Gasteiger partial charge in [0.1, 0.15) is 0 Å². The zero-order valence-electron chi connectivity index (χ0n) is 13.1. The molecule has 8 heteroatoms. The van der Waals surface area contributed by atoms with Crippen molar-refractivity contribution < 1.29 is 4.79 Å². The summed E-state index contributed by atoms with van der Waals surface area (Å²) in [5.74, 6) is -0.219. The molecule has 1 saturated heterocycles. The van der Waals surface area contributed by atoms with Crippen LogP contribution in [0, 0.1) is 0 Å². The topological polar surface area (TPSA) is 71.8 Å². The molecule has 3 rings (SSSR count). The lowest BCUT2D eigenvalue weighted by Gasteiger charge is -2.22. The summed E-state index contributed by atoms with van der Waals surface area (Å²) < 4.78 is 1.80. The fourth-order valence-corrected chi connectivity index (χ4v) is 3.37. The van der Waals surface area contributed by atoms with Gasteiger partial charge in [-0.15, -0.1) is 5.10 Å². The van der Waals surface area contributed by atoms with Crippen molar-refractivity contribution >= 4 is 29.1 Å². The number of nitrogens with zero attached hydrogens (tertiary/aromatic N) is 3. The Bertz CT molecular complexity index is 692. The van der Waals surface area contributed by atoms with E-state index in [-0.39, 0.29) is 5.91 Å². The van der Waals surface area contributed by atoms with Crippen LogP contribution in [-0.2, 0) is 6.42 Å². The summed E-state index contributed by atoms with van der Waals surface area (Å²) in [7, 11) is 0. The second-order valence-electron chi connectivity index (χ2n) is 5.85. The van der Waals surface area contributed by atoms with Gasteiger partial charge in [-0.25, -0.2) is 4.68 Å². The highest BCUT2D eigenvalue weighted by Crippen LogP contribution is 2.19. The third-order valence-electron chi connectivity index (χ3n) is 4.05. The van der Waals surface area contributed by atoms with Crippen molar-refractivity contribution in [3.8, 4) is 0 Å². The SMILES string of the molecule is O=C(NCCc1cc(Cl)cc(Cl)c1)c1cn(C2CCNCC2)nn1. The van der Waals surface area contributed by atoms with Gasteiger partial charge in [0, 0.05) is 16.6 Å². The van der Waals surface area contributed by atoms with Crippen LogP contribution in [0.4, 0.5) is 0 Å². The highest BCUT2D eigenvalue weighted by molar-refractivity contribution is 6.34. The standard InChI is InChI=1S/C16H19Cl2N5O/c17-12-7-11(8-13(18)9-12)1-6-20-16(24)15-10-23(22-21-15)14-2-4-19-5-3-14/h7-10,14,19H,1-6H2,(H,20,24). The molecule has 2 heterocycles. The molecule has 24 heavy (non-hydrogen) atoms. The minimum Gasteiger partial charge on any atom is -0.350 e. The molecule has 1 aromatic carbocycles. The summed E-state index contributed by atoms with van der Waals surface area (Å²) in [6, 6.07) is 5.68. The fourth-order valence-electron chi connectivity index (χ4n) is 2.80. The molecule has 0 atom stereocenters. The summed E-state index contributed by atoms with van der Waals surface area (Å²) in [6.07, 6.45) is 4.37. The molecule has 1 aliphatic rings. The van der Waals surface area contributed by atoms with Gasteiger partial charge in [-0.05, 0) is 56.1 Å². The van der Waals surface area contributed by atoms with Crippen molar-refractivity contribution in [3.63, 3.8) is 0 Å². The molecule has 1 amide bonds. The van der Waals surface area contributed by atoms with E-state index in [1.54, 1.807) is 16.9 Å². The molecular weight excluding hydrogens is 349 g/mol. The first-order chi connectivity index (χ1) is 11.6. The summed E-state index contributed by atoms with van der Waals surface area (Å²) in [5, 5.41) is 15.4. The summed E-state index contributed by atoms with van der Waals surface area (Å²) in [5.41, 5.74) is 1.32. The van der Waals surface area contributed by atoms with Gasteiger partial charge in [-0.2, -0.15) is 0 Å². The molecule has 1 aromatic heterocycles. The molecule has 0 unspecified atom stereocenters. The Kier molecular flexibility index (Phi) is 5.71. The van der Waals surface area contributed by atoms with Crippen molar-refractivity contribution in [1.82, 2.24) is 25.6 Å². The van der Waals surface area contributed by atoms with Crippen LogP contribution in [0.15, 0.2) is 24.4 Å². The fraction of sp³-hybridized carbons (Fsp3) is 0.438. The molecule has 0 saturated carbocycles. The number of hydrogen-bond acceptors (Lipinski definition) is 4. The van der Waals surface area contributed by atoms with Crippen LogP contribution in [0.5, 0.6) is 0 Å². The minimum atomic E-state index is -0.219. The maximum atomic E-state index is 12.2. The Labute approximate surface area is 150 Å². The number of nitrogens with one attached hydrogen (secondary N) is 2. The number of amides is 1. The Balaban J connectivity index is 1.52. The summed E-state index contributed by atoms with van der Waals surface area (Å²) >= 11 is 11.9. The van der Waals surface area contributed by atoms with Gasteiger partial charge in [0.25, 0.3) is 5.91 Å². The first-order valence-corrected chi connectivity index (χ1v) is 8.73. The number of benzene rings is 1. The molecule has 2 aromatic rings.